The molecule has 1 fully saturated rings. The molecule has 2 aromatic carbocycles. The number of rotatable bonds is 8. The first-order valence-corrected chi connectivity index (χ1v) is 10.1. The highest BCUT2D eigenvalue weighted by Crippen LogP contribution is 2.12. The van der Waals surface area contributed by atoms with Gasteiger partial charge in [-0.05, 0) is 36.2 Å². The molecular weight excluding hydrogens is 400 g/mol. The van der Waals surface area contributed by atoms with Gasteiger partial charge in [0.15, 0.2) is 0 Å². The highest BCUT2D eigenvalue weighted by molar-refractivity contribution is 6.27. The number of carboxylic acid groups (broad SMARTS) is 2. The predicted molar refractivity (Wildman–Crippen MR) is 115 cm³/mol. The van der Waals surface area contributed by atoms with Gasteiger partial charge < -0.3 is 19.8 Å². The Kier molecular flexibility index (Phi) is 10.2. The Balaban J connectivity index is 0.000000501. The summed E-state index contributed by atoms with van der Waals surface area (Å²) in [7, 11) is 0. The zero-order valence-electron chi connectivity index (χ0n) is 17.4. The lowest BCUT2D eigenvalue weighted by Gasteiger charge is -2.34. The van der Waals surface area contributed by atoms with Crippen LogP contribution in [0.15, 0.2) is 54.6 Å². The molecule has 166 valence electrons. The molecule has 3 rings (SSSR count). The Morgan fingerprint density at radius 2 is 1.45 bits per heavy atom. The maximum absolute atomic E-state index is 10.6. The third kappa shape index (κ3) is 9.41. The molecule has 0 atom stereocenters. The molecule has 1 saturated heterocycles. The summed E-state index contributed by atoms with van der Waals surface area (Å²) in [5.74, 6) is -2.82. The molecule has 0 unspecified atom stereocenters. The number of carboxylic acids is 2. The second-order valence-electron chi connectivity index (χ2n) is 7.10. The second kappa shape index (κ2) is 13.1. The van der Waals surface area contributed by atoms with Gasteiger partial charge in [0.25, 0.3) is 0 Å². The van der Waals surface area contributed by atoms with E-state index in [1.165, 1.54) is 5.56 Å². The summed E-state index contributed by atoms with van der Waals surface area (Å²) in [4.78, 5) is 33.9. The molecule has 2 aromatic rings. The fraction of sp³-hybridized carbons (Fsp3) is 0.348. The number of hydrogen-bond acceptors (Lipinski definition) is 6. The maximum atomic E-state index is 10.6. The smallest absolute Gasteiger partial charge is 0.414 e. The van der Waals surface area contributed by atoms with E-state index < -0.39 is 11.9 Å². The van der Waals surface area contributed by atoms with Crippen LogP contribution in [0.1, 0.15) is 22.3 Å². The van der Waals surface area contributed by atoms with Crippen LogP contribution in [0.25, 0.3) is 0 Å². The fourth-order valence-electron chi connectivity index (χ4n) is 3.13. The van der Waals surface area contributed by atoms with Crippen molar-refractivity contribution < 1.29 is 29.3 Å². The molecule has 1 heterocycles. The zero-order chi connectivity index (χ0) is 22.5. The Labute approximate surface area is 181 Å². The number of hydrogen-bond donors (Lipinski definition) is 2. The lowest BCUT2D eigenvalue weighted by atomic mass is 10.2. The van der Waals surface area contributed by atoms with E-state index in [0.29, 0.717) is 12.2 Å². The number of carbonyl (C=O) groups excluding carboxylic acids is 1. The van der Waals surface area contributed by atoms with Gasteiger partial charge in [0.05, 0.1) is 6.61 Å². The molecule has 8 nitrogen and oxygen atoms in total. The van der Waals surface area contributed by atoms with E-state index >= 15 is 0 Å². The van der Waals surface area contributed by atoms with Crippen LogP contribution >= 0.6 is 0 Å². The SMILES string of the molecule is O=C(O)C(=O)O.O=Cc1ccc(OCCCN2CCN(Cc3ccccc3)CC2)cc1. The summed E-state index contributed by atoms with van der Waals surface area (Å²) in [6.45, 7) is 7.35. The molecule has 8 heteroatoms. The van der Waals surface area contributed by atoms with Crippen molar-refractivity contribution in [2.75, 3.05) is 39.3 Å². The van der Waals surface area contributed by atoms with Crippen molar-refractivity contribution in [2.45, 2.75) is 13.0 Å². The monoisotopic (exact) mass is 428 g/mol. The van der Waals surface area contributed by atoms with Gasteiger partial charge >= 0.3 is 11.9 Å². The van der Waals surface area contributed by atoms with Crippen molar-refractivity contribution in [2.24, 2.45) is 0 Å². The molecule has 1 aliphatic heterocycles. The second-order valence-corrected chi connectivity index (χ2v) is 7.10. The van der Waals surface area contributed by atoms with Gasteiger partial charge in [-0.25, -0.2) is 9.59 Å². The Morgan fingerprint density at radius 1 is 0.871 bits per heavy atom. The van der Waals surface area contributed by atoms with Gasteiger partial charge in [-0.1, -0.05) is 30.3 Å². The molecule has 31 heavy (non-hydrogen) atoms. The van der Waals surface area contributed by atoms with E-state index in [4.69, 9.17) is 24.5 Å². The Morgan fingerprint density at radius 3 is 2.00 bits per heavy atom. The number of aliphatic carboxylic acids is 2. The summed E-state index contributed by atoms with van der Waals surface area (Å²) in [5, 5.41) is 14.8. The molecule has 0 aromatic heterocycles. The molecular formula is C23H28N2O6. The average molecular weight is 428 g/mol. The first-order chi connectivity index (χ1) is 15.0. The largest absolute Gasteiger partial charge is 0.494 e. The van der Waals surface area contributed by atoms with Gasteiger partial charge in [0.2, 0.25) is 0 Å². The molecule has 0 aliphatic carbocycles. The topological polar surface area (TPSA) is 107 Å². The van der Waals surface area contributed by atoms with E-state index in [0.717, 1.165) is 57.7 Å². The zero-order valence-corrected chi connectivity index (χ0v) is 17.4. The Bertz CT molecular complexity index is 806. The van der Waals surface area contributed by atoms with E-state index in [-0.39, 0.29) is 0 Å². The third-order valence-corrected chi connectivity index (χ3v) is 4.80. The van der Waals surface area contributed by atoms with E-state index in [9.17, 15) is 4.79 Å². The van der Waals surface area contributed by atoms with Gasteiger partial charge in [0, 0.05) is 44.8 Å². The molecule has 0 bridgehead atoms. The minimum Gasteiger partial charge on any atom is -0.494 e. The fourth-order valence-corrected chi connectivity index (χ4v) is 3.13. The van der Waals surface area contributed by atoms with Crippen molar-refractivity contribution in [3.8, 4) is 5.75 Å². The molecule has 1 aliphatic rings. The van der Waals surface area contributed by atoms with E-state index in [1.54, 1.807) is 12.1 Å². The van der Waals surface area contributed by atoms with Crippen LogP contribution < -0.4 is 4.74 Å². The summed E-state index contributed by atoms with van der Waals surface area (Å²) < 4.78 is 5.74. The number of piperazine rings is 1. The summed E-state index contributed by atoms with van der Waals surface area (Å²) in [6.07, 6.45) is 1.87. The van der Waals surface area contributed by atoms with Crippen molar-refractivity contribution in [3.05, 3.63) is 65.7 Å². The van der Waals surface area contributed by atoms with Crippen LogP contribution in [0.5, 0.6) is 5.75 Å². The van der Waals surface area contributed by atoms with Gasteiger partial charge in [0.1, 0.15) is 12.0 Å². The highest BCUT2D eigenvalue weighted by atomic mass is 16.5. The van der Waals surface area contributed by atoms with Crippen molar-refractivity contribution in [1.29, 1.82) is 0 Å². The normalized spacial score (nSPS) is 14.2. The first-order valence-electron chi connectivity index (χ1n) is 10.1. The van der Waals surface area contributed by atoms with E-state index in [1.807, 2.05) is 12.1 Å². The van der Waals surface area contributed by atoms with Crippen LogP contribution in [0.4, 0.5) is 0 Å². The van der Waals surface area contributed by atoms with Gasteiger partial charge in [-0.3, -0.25) is 9.69 Å². The highest BCUT2D eigenvalue weighted by Gasteiger charge is 2.16. The number of carbonyl (C=O) groups is 3. The summed E-state index contributed by atoms with van der Waals surface area (Å²) >= 11 is 0. The van der Waals surface area contributed by atoms with Crippen LogP contribution in [-0.2, 0) is 16.1 Å². The summed E-state index contributed by atoms with van der Waals surface area (Å²) in [6, 6.07) is 18.0. The lowest BCUT2D eigenvalue weighted by Crippen LogP contribution is -2.46. The Hall–Kier alpha value is -3.23. The first kappa shape index (κ1) is 24.0. The standard InChI is InChI=1S/C21H26N2O2.C2H2O4/c24-18-20-7-9-21(10-8-20)25-16-4-11-22-12-14-23(15-13-22)17-19-5-2-1-3-6-19;3-1(4)2(5)6/h1-3,5-10,18H,4,11-17H2;(H,3,4)(H,5,6). The maximum Gasteiger partial charge on any atom is 0.414 e. The van der Waals surface area contributed by atoms with Crippen molar-refractivity contribution >= 4 is 18.2 Å². The summed E-state index contributed by atoms with van der Waals surface area (Å²) in [5.41, 5.74) is 2.07. The third-order valence-electron chi connectivity index (χ3n) is 4.80. The van der Waals surface area contributed by atoms with Gasteiger partial charge in [-0.15, -0.1) is 0 Å². The average Bonchev–Trinajstić information content (AvgIpc) is 2.79. The minimum atomic E-state index is -1.82. The quantitative estimate of drug-likeness (QED) is 0.375. The van der Waals surface area contributed by atoms with Crippen LogP contribution in [0.3, 0.4) is 0 Å². The molecule has 2 N–H and O–H groups in total. The minimum absolute atomic E-state index is 0.681. The number of benzene rings is 2. The number of nitrogens with zero attached hydrogens (tertiary/aromatic N) is 2. The van der Waals surface area contributed by atoms with Crippen LogP contribution in [0, 0.1) is 0 Å². The molecule has 0 saturated carbocycles. The number of aldehydes is 1. The predicted octanol–water partition coefficient (Wildman–Crippen LogP) is 2.24. The van der Waals surface area contributed by atoms with Gasteiger partial charge in [-0.2, -0.15) is 0 Å². The van der Waals surface area contributed by atoms with E-state index in [2.05, 4.69) is 40.1 Å². The van der Waals surface area contributed by atoms with Crippen molar-refractivity contribution in [1.82, 2.24) is 9.80 Å². The molecule has 0 spiro atoms. The van der Waals surface area contributed by atoms with Crippen molar-refractivity contribution in [3.63, 3.8) is 0 Å². The lowest BCUT2D eigenvalue weighted by molar-refractivity contribution is -0.159. The van der Waals surface area contributed by atoms with Crippen LogP contribution in [-0.4, -0.2) is 77.6 Å². The molecule has 0 amide bonds. The van der Waals surface area contributed by atoms with Crippen LogP contribution in [0.2, 0.25) is 0 Å². The molecule has 0 radical (unpaired) electrons. The number of ether oxygens (including phenoxy) is 1.